The highest BCUT2D eigenvalue weighted by atomic mass is 35.5. The summed E-state index contributed by atoms with van der Waals surface area (Å²) in [4.78, 5) is 45.7. The molecular formula is C29H34Cl2N6O3S. The first-order valence-corrected chi connectivity index (χ1v) is 15.5. The minimum absolute atomic E-state index is 0.135. The molecule has 12 heteroatoms. The number of likely N-dealkylation sites (tertiary alicyclic amines) is 1. The molecule has 3 aromatic rings. The van der Waals surface area contributed by atoms with Crippen molar-refractivity contribution in [3.05, 3.63) is 55.7 Å². The summed E-state index contributed by atoms with van der Waals surface area (Å²) >= 11 is 14.5. The van der Waals surface area contributed by atoms with Gasteiger partial charge in [-0.3, -0.25) is 19.4 Å². The molecule has 1 aromatic carbocycles. The molecule has 2 aliphatic rings. The molecule has 2 fully saturated rings. The van der Waals surface area contributed by atoms with Crippen LogP contribution in [0.3, 0.4) is 0 Å². The summed E-state index contributed by atoms with van der Waals surface area (Å²) in [5.74, 6) is -0.205. The third kappa shape index (κ3) is 7.24. The van der Waals surface area contributed by atoms with E-state index in [1.807, 2.05) is 19.1 Å². The van der Waals surface area contributed by atoms with Crippen LogP contribution in [-0.4, -0.2) is 86.9 Å². The number of aromatic nitrogens is 3. The van der Waals surface area contributed by atoms with Gasteiger partial charge in [-0.05, 0) is 50.9 Å². The molecule has 0 spiro atoms. The number of aliphatic carboxylic acids is 1. The van der Waals surface area contributed by atoms with Crippen molar-refractivity contribution < 1.29 is 14.7 Å². The van der Waals surface area contributed by atoms with Gasteiger partial charge in [-0.1, -0.05) is 23.2 Å². The summed E-state index contributed by atoms with van der Waals surface area (Å²) in [6.45, 7) is 9.48. The molecule has 4 heterocycles. The number of carboxylic acids is 1. The Morgan fingerprint density at radius 2 is 1.80 bits per heavy atom. The maximum atomic E-state index is 13.2. The van der Waals surface area contributed by atoms with E-state index in [1.165, 1.54) is 19.0 Å². The lowest BCUT2D eigenvalue weighted by atomic mass is 10.1. The molecule has 1 N–H and O–H groups in total. The highest BCUT2D eigenvalue weighted by Gasteiger charge is 2.25. The van der Waals surface area contributed by atoms with E-state index in [1.54, 1.807) is 17.5 Å². The Kier molecular flexibility index (Phi) is 9.56. The molecule has 218 valence electrons. The van der Waals surface area contributed by atoms with Crippen molar-refractivity contribution >= 4 is 52.1 Å². The van der Waals surface area contributed by atoms with Crippen LogP contribution in [0.1, 0.15) is 52.1 Å². The Labute approximate surface area is 254 Å². The molecule has 0 radical (unpaired) electrons. The van der Waals surface area contributed by atoms with E-state index in [9.17, 15) is 9.59 Å². The second kappa shape index (κ2) is 13.1. The third-order valence-corrected chi connectivity index (χ3v) is 9.73. The first kappa shape index (κ1) is 29.8. The van der Waals surface area contributed by atoms with Crippen LogP contribution < -0.4 is 4.90 Å². The van der Waals surface area contributed by atoms with Gasteiger partial charge in [0.2, 0.25) is 0 Å². The van der Waals surface area contributed by atoms with Gasteiger partial charge in [0.15, 0.2) is 5.78 Å². The Bertz CT molecular complexity index is 1390. The van der Waals surface area contributed by atoms with Crippen LogP contribution in [0.4, 0.5) is 5.82 Å². The smallest absolute Gasteiger partial charge is 0.304 e. The monoisotopic (exact) mass is 616 g/mol. The fourth-order valence-corrected chi connectivity index (χ4v) is 6.92. The van der Waals surface area contributed by atoms with Crippen molar-refractivity contribution in [2.45, 2.75) is 52.1 Å². The molecular weight excluding hydrogens is 583 g/mol. The standard InChI is InChI=1S/C29H34Cl2N6O3S/c1-18-4-3-6-37(18)17-25-29(20-12-21(30)19(2)22(31)13-20)34-27(41-25)14-24(38)23-15-33-26(16-32-23)36-10-8-35(9-11-36)7-5-28(39)40/h12-13,15-16,18H,3-11,14,17H2,1-2H3,(H,39,40)/t18-/m1/s1. The van der Waals surface area contributed by atoms with E-state index in [-0.39, 0.29) is 18.6 Å². The fraction of sp³-hybridized carbons (Fsp3) is 0.483. The predicted molar refractivity (Wildman–Crippen MR) is 162 cm³/mol. The molecule has 2 aliphatic heterocycles. The van der Waals surface area contributed by atoms with Crippen molar-refractivity contribution in [3.8, 4) is 11.3 Å². The number of benzene rings is 1. The number of carbonyl (C=O) groups excluding carboxylic acids is 1. The van der Waals surface area contributed by atoms with Crippen molar-refractivity contribution in [3.63, 3.8) is 0 Å². The van der Waals surface area contributed by atoms with Gasteiger partial charge in [0.1, 0.15) is 16.5 Å². The zero-order chi connectivity index (χ0) is 29.1. The number of hydrogen-bond donors (Lipinski definition) is 1. The Morgan fingerprint density at radius 3 is 2.41 bits per heavy atom. The van der Waals surface area contributed by atoms with Gasteiger partial charge in [-0.15, -0.1) is 11.3 Å². The lowest BCUT2D eigenvalue weighted by molar-refractivity contribution is -0.137. The SMILES string of the molecule is Cc1c(Cl)cc(-c2nc(CC(=O)c3cnc(N4CCN(CCC(=O)O)CC4)cn3)sc2CN2CCC[C@H]2C)cc1Cl. The minimum atomic E-state index is -0.783. The van der Waals surface area contributed by atoms with E-state index >= 15 is 0 Å². The van der Waals surface area contributed by atoms with Gasteiger partial charge in [-0.2, -0.15) is 0 Å². The number of anilines is 1. The number of nitrogens with zero attached hydrogens (tertiary/aromatic N) is 6. The van der Waals surface area contributed by atoms with Crippen molar-refractivity contribution in [1.82, 2.24) is 24.8 Å². The number of hydrogen-bond acceptors (Lipinski definition) is 9. The van der Waals surface area contributed by atoms with E-state index < -0.39 is 5.97 Å². The summed E-state index contributed by atoms with van der Waals surface area (Å²) in [6.07, 6.45) is 5.81. The Morgan fingerprint density at radius 1 is 1.07 bits per heavy atom. The van der Waals surface area contributed by atoms with Crippen LogP contribution in [0.5, 0.6) is 0 Å². The number of Topliss-reactive ketones (excluding diaryl/α,β-unsaturated/α-hetero) is 1. The molecule has 9 nitrogen and oxygen atoms in total. The average molecular weight is 618 g/mol. The number of halogens is 2. The van der Waals surface area contributed by atoms with Gasteiger partial charge in [0.05, 0.1) is 30.9 Å². The van der Waals surface area contributed by atoms with Gasteiger partial charge in [0.25, 0.3) is 0 Å². The summed E-state index contributed by atoms with van der Waals surface area (Å²) in [5.41, 5.74) is 2.82. The molecule has 0 amide bonds. The summed E-state index contributed by atoms with van der Waals surface area (Å²) in [6, 6.07) is 4.30. The molecule has 0 bridgehead atoms. The van der Waals surface area contributed by atoms with Crippen LogP contribution in [-0.2, 0) is 17.8 Å². The van der Waals surface area contributed by atoms with E-state index in [4.69, 9.17) is 33.3 Å². The molecule has 0 saturated carbocycles. The topological polar surface area (TPSA) is 103 Å². The maximum Gasteiger partial charge on any atom is 0.304 e. The maximum absolute atomic E-state index is 13.2. The number of piperazine rings is 1. The second-order valence-corrected chi connectivity index (χ2v) is 12.7. The lowest BCUT2D eigenvalue weighted by Gasteiger charge is -2.34. The first-order chi connectivity index (χ1) is 19.7. The fourth-order valence-electron chi connectivity index (χ4n) is 5.31. The summed E-state index contributed by atoms with van der Waals surface area (Å²) in [5, 5.41) is 10.8. The number of thiazole rings is 1. The van der Waals surface area contributed by atoms with Gasteiger partial charge in [-0.25, -0.2) is 15.0 Å². The number of carbonyl (C=O) groups is 2. The average Bonchev–Trinajstić information content (AvgIpc) is 3.56. The van der Waals surface area contributed by atoms with E-state index in [0.29, 0.717) is 34.1 Å². The van der Waals surface area contributed by atoms with E-state index in [2.05, 4.69) is 31.6 Å². The van der Waals surface area contributed by atoms with Gasteiger partial charge in [0, 0.05) is 65.8 Å². The second-order valence-electron chi connectivity index (χ2n) is 10.7. The molecule has 1 atom stereocenters. The molecule has 0 aliphatic carbocycles. The summed E-state index contributed by atoms with van der Waals surface area (Å²) in [7, 11) is 0. The lowest BCUT2D eigenvalue weighted by Crippen LogP contribution is -2.47. The van der Waals surface area contributed by atoms with Gasteiger partial charge < -0.3 is 10.0 Å². The molecule has 41 heavy (non-hydrogen) atoms. The molecule has 2 aromatic heterocycles. The van der Waals surface area contributed by atoms with Crippen molar-refractivity contribution in [1.29, 1.82) is 0 Å². The highest BCUT2D eigenvalue weighted by molar-refractivity contribution is 7.12. The van der Waals surface area contributed by atoms with Crippen LogP contribution in [0, 0.1) is 6.92 Å². The largest absolute Gasteiger partial charge is 0.481 e. The number of carboxylic acid groups (broad SMARTS) is 1. The Hall–Kier alpha value is -2.63. The molecule has 5 rings (SSSR count). The third-order valence-electron chi connectivity index (χ3n) is 7.91. The number of rotatable bonds is 10. The highest BCUT2D eigenvalue weighted by Crippen LogP contribution is 2.36. The predicted octanol–water partition coefficient (Wildman–Crippen LogP) is 5.22. The molecule has 0 unspecified atom stereocenters. The van der Waals surface area contributed by atoms with Crippen molar-refractivity contribution in [2.24, 2.45) is 0 Å². The quantitative estimate of drug-likeness (QED) is 0.307. The van der Waals surface area contributed by atoms with Crippen LogP contribution >= 0.6 is 34.5 Å². The normalized spacial score (nSPS) is 18.2. The van der Waals surface area contributed by atoms with Gasteiger partial charge >= 0.3 is 5.97 Å². The van der Waals surface area contributed by atoms with E-state index in [0.717, 1.165) is 66.0 Å². The Balaban J connectivity index is 1.28. The van der Waals surface area contributed by atoms with Crippen LogP contribution in [0.25, 0.3) is 11.3 Å². The first-order valence-electron chi connectivity index (χ1n) is 13.9. The summed E-state index contributed by atoms with van der Waals surface area (Å²) < 4.78 is 0. The van der Waals surface area contributed by atoms with Crippen LogP contribution in [0.15, 0.2) is 24.5 Å². The van der Waals surface area contributed by atoms with Crippen molar-refractivity contribution in [2.75, 3.05) is 44.2 Å². The zero-order valence-corrected chi connectivity index (χ0v) is 25.6. The molecule has 2 saturated heterocycles. The zero-order valence-electron chi connectivity index (χ0n) is 23.3. The van der Waals surface area contributed by atoms with Crippen LogP contribution in [0.2, 0.25) is 10.0 Å². The number of ketones is 1. The minimum Gasteiger partial charge on any atom is -0.481 e.